The van der Waals surface area contributed by atoms with E-state index in [-0.39, 0.29) is 16.8 Å². The zero-order valence-electron chi connectivity index (χ0n) is 20.1. The van der Waals surface area contributed by atoms with Crippen LogP contribution in [0.3, 0.4) is 0 Å². The Labute approximate surface area is 240 Å². The lowest BCUT2D eigenvalue weighted by atomic mass is 10.1. The van der Waals surface area contributed by atoms with Crippen LogP contribution in [0, 0.1) is 3.57 Å². The highest BCUT2D eigenvalue weighted by Gasteiger charge is 2.37. The molecular weight excluding hydrogens is 671 g/mol. The molecule has 1 aliphatic rings. The monoisotopic (exact) mass is 690 g/mol. The Morgan fingerprint density at radius 3 is 2.34 bits per heavy atom. The second-order valence-electron chi connectivity index (χ2n) is 7.95. The van der Waals surface area contributed by atoms with Crippen molar-refractivity contribution in [2.75, 3.05) is 19.1 Å². The fourth-order valence-electron chi connectivity index (χ4n) is 3.62. The summed E-state index contributed by atoms with van der Waals surface area (Å²) >= 11 is 5.49. The number of rotatable bonds is 7. The summed E-state index contributed by atoms with van der Waals surface area (Å²) < 4.78 is 17.8. The van der Waals surface area contributed by atoms with E-state index in [9.17, 15) is 19.2 Å². The van der Waals surface area contributed by atoms with Gasteiger partial charge in [-0.3, -0.25) is 14.9 Å². The predicted octanol–water partition coefficient (Wildman–Crippen LogP) is 5.09. The van der Waals surface area contributed by atoms with Gasteiger partial charge in [-0.15, -0.1) is 0 Å². The van der Waals surface area contributed by atoms with Crippen LogP contribution in [-0.4, -0.2) is 38.0 Å². The summed E-state index contributed by atoms with van der Waals surface area (Å²) in [6.07, 6.45) is 1.38. The third-order valence-corrected chi connectivity index (χ3v) is 6.84. The maximum Gasteiger partial charge on any atom is 0.337 e. The summed E-state index contributed by atoms with van der Waals surface area (Å²) in [4.78, 5) is 50.9. The van der Waals surface area contributed by atoms with Crippen LogP contribution < -0.4 is 19.7 Å². The molecule has 3 aromatic carbocycles. The maximum absolute atomic E-state index is 13.2. The van der Waals surface area contributed by atoms with Crippen molar-refractivity contribution in [2.24, 2.45) is 0 Å². The predicted molar refractivity (Wildman–Crippen MR) is 151 cm³/mol. The van der Waals surface area contributed by atoms with Crippen LogP contribution in [-0.2, 0) is 20.9 Å². The molecule has 1 aliphatic heterocycles. The molecule has 4 rings (SSSR count). The summed E-state index contributed by atoms with van der Waals surface area (Å²) in [6.45, 7) is 0.312. The van der Waals surface area contributed by atoms with Gasteiger partial charge < -0.3 is 14.2 Å². The maximum atomic E-state index is 13.2. The molecule has 1 N–H and O–H groups in total. The SMILES string of the molecule is COC(=O)c1ccc(N2C(=O)NC(=O)/C(=C\c3cc(I)c(OCc4ccc(Br)cc4)c(OC)c3)C2=O)cc1. The number of carbonyl (C=O) groups is 4. The number of nitrogens with zero attached hydrogens (tertiary/aromatic N) is 1. The van der Waals surface area contributed by atoms with E-state index in [1.807, 2.05) is 24.3 Å². The summed E-state index contributed by atoms with van der Waals surface area (Å²) in [5.74, 6) is -1.27. The molecule has 0 spiro atoms. The van der Waals surface area contributed by atoms with E-state index in [1.165, 1.54) is 44.6 Å². The van der Waals surface area contributed by atoms with Crippen LogP contribution in [0.2, 0.25) is 0 Å². The van der Waals surface area contributed by atoms with Gasteiger partial charge in [0.25, 0.3) is 11.8 Å². The topological polar surface area (TPSA) is 111 Å². The number of barbiturate groups is 1. The molecule has 1 saturated heterocycles. The van der Waals surface area contributed by atoms with Crippen molar-refractivity contribution in [3.8, 4) is 11.5 Å². The number of ether oxygens (including phenoxy) is 3. The number of urea groups is 1. The van der Waals surface area contributed by atoms with E-state index in [2.05, 4.69) is 48.6 Å². The molecule has 0 radical (unpaired) electrons. The lowest BCUT2D eigenvalue weighted by Crippen LogP contribution is -2.54. The van der Waals surface area contributed by atoms with Gasteiger partial charge in [0.05, 0.1) is 29.0 Å². The van der Waals surface area contributed by atoms with Gasteiger partial charge in [-0.2, -0.15) is 0 Å². The molecule has 194 valence electrons. The number of nitrogens with one attached hydrogen (secondary N) is 1. The van der Waals surface area contributed by atoms with Gasteiger partial charge in [0.2, 0.25) is 0 Å². The van der Waals surface area contributed by atoms with Crippen molar-refractivity contribution < 1.29 is 33.4 Å². The first-order chi connectivity index (χ1) is 18.2. The number of esters is 1. The molecule has 11 heteroatoms. The average molecular weight is 691 g/mol. The average Bonchev–Trinajstić information content (AvgIpc) is 2.91. The van der Waals surface area contributed by atoms with E-state index < -0.39 is 23.8 Å². The Kier molecular flexibility index (Phi) is 8.47. The number of hydrogen-bond acceptors (Lipinski definition) is 7. The zero-order valence-corrected chi connectivity index (χ0v) is 23.9. The first-order valence-electron chi connectivity index (χ1n) is 11.1. The molecule has 9 nitrogen and oxygen atoms in total. The van der Waals surface area contributed by atoms with Crippen molar-refractivity contribution in [1.82, 2.24) is 5.32 Å². The van der Waals surface area contributed by atoms with Gasteiger partial charge in [0.1, 0.15) is 12.2 Å². The van der Waals surface area contributed by atoms with Crippen LogP contribution in [0.15, 0.2) is 70.7 Å². The highest BCUT2D eigenvalue weighted by Crippen LogP contribution is 2.35. The second-order valence-corrected chi connectivity index (χ2v) is 10.0. The fraction of sp³-hybridized carbons (Fsp3) is 0.111. The van der Waals surface area contributed by atoms with Crippen LogP contribution in [0.5, 0.6) is 11.5 Å². The fourth-order valence-corrected chi connectivity index (χ4v) is 4.67. The third kappa shape index (κ3) is 5.89. The third-order valence-electron chi connectivity index (χ3n) is 5.51. The molecule has 0 aliphatic carbocycles. The molecule has 4 amide bonds. The van der Waals surface area contributed by atoms with E-state index in [0.29, 0.717) is 27.2 Å². The number of hydrogen-bond donors (Lipinski definition) is 1. The highest BCUT2D eigenvalue weighted by atomic mass is 127. The van der Waals surface area contributed by atoms with E-state index in [0.717, 1.165) is 14.9 Å². The Hall–Kier alpha value is -3.71. The Morgan fingerprint density at radius 1 is 1.03 bits per heavy atom. The van der Waals surface area contributed by atoms with Gasteiger partial charge in [0, 0.05) is 4.47 Å². The van der Waals surface area contributed by atoms with E-state index in [4.69, 9.17) is 9.47 Å². The zero-order chi connectivity index (χ0) is 27.4. The Balaban J connectivity index is 1.61. The smallest absolute Gasteiger partial charge is 0.337 e. The number of benzene rings is 3. The second kappa shape index (κ2) is 11.8. The molecule has 1 heterocycles. The molecule has 0 unspecified atom stereocenters. The Morgan fingerprint density at radius 2 is 1.71 bits per heavy atom. The molecule has 1 fully saturated rings. The summed E-state index contributed by atoms with van der Waals surface area (Å²) in [6, 6.07) is 15.9. The van der Waals surface area contributed by atoms with Crippen molar-refractivity contribution in [2.45, 2.75) is 6.61 Å². The number of imide groups is 2. The van der Waals surface area contributed by atoms with Gasteiger partial charge in [-0.05, 0) is 88.3 Å². The summed E-state index contributed by atoms with van der Waals surface area (Å²) in [5, 5.41) is 2.18. The van der Waals surface area contributed by atoms with Crippen LogP contribution in [0.1, 0.15) is 21.5 Å². The number of halogens is 2. The van der Waals surface area contributed by atoms with E-state index in [1.54, 1.807) is 12.1 Å². The van der Waals surface area contributed by atoms with Gasteiger partial charge in [0.15, 0.2) is 11.5 Å². The quantitative estimate of drug-likeness (QED) is 0.159. The van der Waals surface area contributed by atoms with Crippen molar-refractivity contribution >= 4 is 74.1 Å². The van der Waals surface area contributed by atoms with Gasteiger partial charge in [-0.25, -0.2) is 14.5 Å². The van der Waals surface area contributed by atoms with Gasteiger partial charge >= 0.3 is 12.0 Å². The largest absolute Gasteiger partial charge is 0.493 e. The molecule has 38 heavy (non-hydrogen) atoms. The molecule has 0 atom stereocenters. The summed E-state index contributed by atoms with van der Waals surface area (Å²) in [7, 11) is 2.74. The van der Waals surface area contributed by atoms with E-state index >= 15 is 0 Å². The highest BCUT2D eigenvalue weighted by molar-refractivity contribution is 14.1. The molecule has 3 aromatic rings. The minimum absolute atomic E-state index is 0.183. The lowest BCUT2D eigenvalue weighted by molar-refractivity contribution is -0.122. The number of anilines is 1. The van der Waals surface area contributed by atoms with Crippen molar-refractivity contribution in [3.05, 3.63) is 91.0 Å². The minimum atomic E-state index is -0.896. The molecule has 0 saturated carbocycles. The summed E-state index contributed by atoms with van der Waals surface area (Å²) in [5.41, 5.74) is 1.64. The molecule has 0 aromatic heterocycles. The molecular formula is C27H20BrIN2O7. The first kappa shape index (κ1) is 27.3. The van der Waals surface area contributed by atoms with Crippen LogP contribution in [0.4, 0.5) is 10.5 Å². The Bertz CT molecular complexity index is 1450. The normalized spacial score (nSPS) is 14.4. The lowest BCUT2D eigenvalue weighted by Gasteiger charge is -2.26. The first-order valence-corrected chi connectivity index (χ1v) is 12.9. The number of carbonyl (C=O) groups excluding carboxylic acids is 4. The van der Waals surface area contributed by atoms with Crippen LogP contribution in [0.25, 0.3) is 6.08 Å². The van der Waals surface area contributed by atoms with Crippen molar-refractivity contribution in [3.63, 3.8) is 0 Å². The number of amides is 4. The van der Waals surface area contributed by atoms with Crippen molar-refractivity contribution in [1.29, 1.82) is 0 Å². The van der Waals surface area contributed by atoms with Gasteiger partial charge in [-0.1, -0.05) is 28.1 Å². The number of methoxy groups -OCH3 is 2. The standard InChI is InChI=1S/C27H20BrIN2O7/c1-36-22-13-16(12-21(29)23(22)38-14-15-3-7-18(28)8-4-15)11-20-24(32)30-27(35)31(25(20)33)19-9-5-17(6-10-19)26(34)37-2/h3-13H,14H2,1-2H3,(H,30,32,35)/b20-11+. The van der Waals surface area contributed by atoms with Crippen LogP contribution >= 0.6 is 38.5 Å². The minimum Gasteiger partial charge on any atom is -0.493 e. The molecule has 0 bridgehead atoms.